The molecule has 0 atom stereocenters. The van der Waals surface area contributed by atoms with Crippen molar-refractivity contribution < 1.29 is 14.5 Å². The minimum atomic E-state index is -0.591. The highest BCUT2D eigenvalue weighted by Gasteiger charge is 2.11. The van der Waals surface area contributed by atoms with Crippen LogP contribution in [0.2, 0.25) is 5.02 Å². The Morgan fingerprint density at radius 2 is 2.04 bits per heavy atom. The second-order valence-electron chi connectivity index (χ2n) is 4.36. The van der Waals surface area contributed by atoms with Crippen LogP contribution in [-0.4, -0.2) is 23.7 Å². The first-order valence-corrected chi connectivity index (χ1v) is 6.88. The third-order valence-electron chi connectivity index (χ3n) is 2.68. The Balaban J connectivity index is 1.87. The summed E-state index contributed by atoms with van der Waals surface area (Å²) in [7, 11) is 0. The third-order valence-corrected chi connectivity index (χ3v) is 3.00. The molecule has 0 radical (unpaired) electrons. The number of amides is 1. The summed E-state index contributed by atoms with van der Waals surface area (Å²) in [4.78, 5) is 21.7. The van der Waals surface area contributed by atoms with Gasteiger partial charge in [0.15, 0.2) is 6.61 Å². The molecule has 0 spiro atoms. The van der Waals surface area contributed by atoms with Gasteiger partial charge in [0, 0.05) is 11.6 Å². The molecule has 7 nitrogen and oxygen atoms in total. The van der Waals surface area contributed by atoms with Crippen LogP contribution >= 0.6 is 11.6 Å². The molecule has 23 heavy (non-hydrogen) atoms. The van der Waals surface area contributed by atoms with Gasteiger partial charge in [-0.1, -0.05) is 35.9 Å². The average Bonchev–Trinajstić information content (AvgIpc) is 2.55. The molecule has 118 valence electrons. The number of benzene rings is 2. The molecule has 0 aliphatic heterocycles. The van der Waals surface area contributed by atoms with Gasteiger partial charge in [0.2, 0.25) is 0 Å². The van der Waals surface area contributed by atoms with Crippen molar-refractivity contribution in [3.8, 4) is 5.75 Å². The fraction of sp³-hybridized carbons (Fsp3) is 0.0667. The maximum Gasteiger partial charge on any atom is 0.288 e. The summed E-state index contributed by atoms with van der Waals surface area (Å²) in [5, 5.41) is 14.5. The lowest BCUT2D eigenvalue weighted by molar-refractivity contribution is -0.384. The molecule has 0 aromatic heterocycles. The van der Waals surface area contributed by atoms with Crippen molar-refractivity contribution in [3.63, 3.8) is 0 Å². The van der Waals surface area contributed by atoms with Crippen molar-refractivity contribution in [1.82, 2.24) is 5.43 Å². The summed E-state index contributed by atoms with van der Waals surface area (Å²) in [6, 6.07) is 13.1. The molecule has 0 saturated heterocycles. The molecule has 2 aromatic carbocycles. The fourth-order valence-electron chi connectivity index (χ4n) is 1.63. The maximum atomic E-state index is 11.6. The van der Waals surface area contributed by atoms with Crippen LogP contribution in [0.5, 0.6) is 5.75 Å². The largest absolute Gasteiger partial charge is 0.484 e. The standard InChI is InChI=1S/C15H12ClN3O4/c16-13-7-6-11(8-14(13)19(21)22)9-17-18-15(20)10-23-12-4-2-1-3-5-12/h1-9H,10H2,(H,18,20)/b17-9-. The normalized spacial score (nSPS) is 10.5. The van der Waals surface area contributed by atoms with Crippen LogP contribution in [0.1, 0.15) is 5.56 Å². The number of nitro benzene ring substituents is 1. The van der Waals surface area contributed by atoms with Gasteiger partial charge in [-0.05, 0) is 18.2 Å². The molecule has 0 aliphatic rings. The molecule has 2 aromatic rings. The van der Waals surface area contributed by atoms with E-state index in [9.17, 15) is 14.9 Å². The highest BCUT2D eigenvalue weighted by atomic mass is 35.5. The minimum Gasteiger partial charge on any atom is -0.484 e. The first-order valence-electron chi connectivity index (χ1n) is 6.50. The molecular formula is C15H12ClN3O4. The quantitative estimate of drug-likeness (QED) is 0.499. The summed E-state index contributed by atoms with van der Waals surface area (Å²) >= 11 is 5.70. The first kappa shape index (κ1) is 16.4. The van der Waals surface area contributed by atoms with E-state index < -0.39 is 10.8 Å². The van der Waals surface area contributed by atoms with Crippen LogP contribution in [0.15, 0.2) is 53.6 Å². The Morgan fingerprint density at radius 1 is 1.30 bits per heavy atom. The second kappa shape index (κ2) is 7.90. The van der Waals surface area contributed by atoms with Gasteiger partial charge in [-0.15, -0.1) is 0 Å². The van der Waals surface area contributed by atoms with Crippen LogP contribution < -0.4 is 10.2 Å². The number of rotatable bonds is 6. The zero-order valence-corrected chi connectivity index (χ0v) is 12.6. The Hall–Kier alpha value is -2.93. The summed E-state index contributed by atoms with van der Waals surface area (Å²) in [5.74, 6) is 0.119. The van der Waals surface area contributed by atoms with Crippen molar-refractivity contribution in [2.24, 2.45) is 5.10 Å². The number of nitrogens with one attached hydrogen (secondary N) is 1. The zero-order chi connectivity index (χ0) is 16.7. The number of ether oxygens (including phenoxy) is 1. The van der Waals surface area contributed by atoms with E-state index in [1.165, 1.54) is 18.3 Å². The number of para-hydroxylation sites is 1. The Morgan fingerprint density at radius 3 is 2.74 bits per heavy atom. The van der Waals surface area contributed by atoms with E-state index in [2.05, 4.69) is 10.5 Å². The molecule has 1 N–H and O–H groups in total. The molecule has 8 heteroatoms. The van der Waals surface area contributed by atoms with Gasteiger partial charge in [0.1, 0.15) is 10.8 Å². The van der Waals surface area contributed by atoms with E-state index in [4.69, 9.17) is 16.3 Å². The molecule has 0 fully saturated rings. The van der Waals surface area contributed by atoms with E-state index in [1.807, 2.05) is 6.07 Å². The smallest absolute Gasteiger partial charge is 0.288 e. The number of carbonyl (C=O) groups excluding carboxylic acids is 1. The lowest BCUT2D eigenvalue weighted by Crippen LogP contribution is -2.24. The van der Waals surface area contributed by atoms with Gasteiger partial charge >= 0.3 is 0 Å². The van der Waals surface area contributed by atoms with Gasteiger partial charge in [0.25, 0.3) is 11.6 Å². The Bertz CT molecular complexity index is 735. The fourth-order valence-corrected chi connectivity index (χ4v) is 1.81. The zero-order valence-electron chi connectivity index (χ0n) is 11.8. The molecular weight excluding hydrogens is 322 g/mol. The van der Waals surface area contributed by atoms with Gasteiger partial charge in [0.05, 0.1) is 11.1 Å². The van der Waals surface area contributed by atoms with Crippen molar-refractivity contribution in [2.45, 2.75) is 0 Å². The van der Waals surface area contributed by atoms with E-state index >= 15 is 0 Å². The van der Waals surface area contributed by atoms with Crippen LogP contribution in [0.25, 0.3) is 0 Å². The number of carbonyl (C=O) groups is 1. The van der Waals surface area contributed by atoms with E-state index in [0.29, 0.717) is 11.3 Å². The van der Waals surface area contributed by atoms with Gasteiger partial charge < -0.3 is 4.74 Å². The van der Waals surface area contributed by atoms with Crippen molar-refractivity contribution in [1.29, 1.82) is 0 Å². The average molecular weight is 334 g/mol. The van der Waals surface area contributed by atoms with E-state index in [-0.39, 0.29) is 17.3 Å². The van der Waals surface area contributed by atoms with Gasteiger partial charge in [-0.25, -0.2) is 5.43 Å². The summed E-state index contributed by atoms with van der Waals surface area (Å²) in [5.41, 5.74) is 2.48. The minimum absolute atomic E-state index is 0.0347. The van der Waals surface area contributed by atoms with Gasteiger partial charge in [-0.2, -0.15) is 5.10 Å². The number of nitro groups is 1. The monoisotopic (exact) mass is 333 g/mol. The predicted molar refractivity (Wildman–Crippen MR) is 85.8 cm³/mol. The number of hydrogen-bond acceptors (Lipinski definition) is 5. The molecule has 2 rings (SSSR count). The maximum absolute atomic E-state index is 11.6. The Labute approximate surface area is 136 Å². The molecule has 0 bridgehead atoms. The molecule has 0 heterocycles. The molecule has 0 saturated carbocycles. The molecule has 1 amide bonds. The van der Waals surface area contributed by atoms with Gasteiger partial charge in [-0.3, -0.25) is 14.9 Å². The van der Waals surface area contributed by atoms with Crippen molar-refractivity contribution in [2.75, 3.05) is 6.61 Å². The lowest BCUT2D eigenvalue weighted by Gasteiger charge is -2.04. The summed E-state index contributed by atoms with van der Waals surface area (Å²) in [6.45, 7) is -0.192. The van der Waals surface area contributed by atoms with Crippen LogP contribution in [0.3, 0.4) is 0 Å². The number of hydrazone groups is 1. The first-order chi connectivity index (χ1) is 11.1. The SMILES string of the molecule is O=C(COc1ccccc1)N/N=C\c1ccc(Cl)c([N+](=O)[O-])c1. The number of nitrogens with zero attached hydrogens (tertiary/aromatic N) is 2. The summed E-state index contributed by atoms with van der Waals surface area (Å²) < 4.78 is 5.24. The predicted octanol–water partition coefficient (Wildman–Crippen LogP) is 2.78. The number of hydrogen-bond donors (Lipinski definition) is 1. The van der Waals surface area contributed by atoms with Crippen LogP contribution in [-0.2, 0) is 4.79 Å². The molecule has 0 unspecified atom stereocenters. The highest BCUT2D eigenvalue weighted by molar-refractivity contribution is 6.32. The van der Waals surface area contributed by atoms with Crippen LogP contribution in [0.4, 0.5) is 5.69 Å². The van der Waals surface area contributed by atoms with E-state index in [0.717, 1.165) is 0 Å². The highest BCUT2D eigenvalue weighted by Crippen LogP contribution is 2.24. The third kappa shape index (κ3) is 5.08. The number of halogens is 1. The van der Waals surface area contributed by atoms with E-state index in [1.54, 1.807) is 30.3 Å². The topological polar surface area (TPSA) is 93.8 Å². The van der Waals surface area contributed by atoms with Crippen molar-refractivity contribution in [3.05, 3.63) is 69.2 Å². The Kier molecular flexibility index (Phi) is 5.65. The van der Waals surface area contributed by atoms with Crippen molar-refractivity contribution >= 4 is 29.4 Å². The van der Waals surface area contributed by atoms with Crippen LogP contribution in [0, 0.1) is 10.1 Å². The second-order valence-corrected chi connectivity index (χ2v) is 4.77. The molecule has 0 aliphatic carbocycles. The lowest BCUT2D eigenvalue weighted by atomic mass is 10.2. The summed E-state index contributed by atoms with van der Waals surface area (Å²) in [6.07, 6.45) is 1.28.